The van der Waals surface area contributed by atoms with Crippen LogP contribution in [0.2, 0.25) is 5.02 Å². The molecule has 0 aliphatic carbocycles. The van der Waals surface area contributed by atoms with Crippen molar-refractivity contribution >= 4 is 39.9 Å². The van der Waals surface area contributed by atoms with Gasteiger partial charge >= 0.3 is 0 Å². The highest BCUT2D eigenvalue weighted by atomic mass is 35.5. The molecular formula is C21H19ClN6O3S. The van der Waals surface area contributed by atoms with Gasteiger partial charge in [0, 0.05) is 42.8 Å². The zero-order valence-corrected chi connectivity index (χ0v) is 18.7. The van der Waals surface area contributed by atoms with Crippen molar-refractivity contribution in [1.29, 1.82) is 5.26 Å². The summed E-state index contributed by atoms with van der Waals surface area (Å²) < 4.78 is 8.23. The second-order valence-corrected chi connectivity index (χ2v) is 8.27. The molecule has 0 amide bonds. The highest BCUT2D eigenvalue weighted by Gasteiger charge is 2.14. The lowest BCUT2D eigenvalue weighted by Gasteiger charge is -2.13. The standard InChI is InChI=1S/C21H19ClN6O3S/c1-2-31-7-3-6-27-20(30)16-5-4-14(22)8-17(16)26-21(27)32-12-15-9-18(29)28-19(25-15)13(10-23)11-24-28/h4-5,8-9,11,24H,2-3,6-7,12H2,1H3. The number of nitrogens with one attached hydrogen (secondary N) is 1. The van der Waals surface area contributed by atoms with E-state index in [0.29, 0.717) is 58.7 Å². The summed E-state index contributed by atoms with van der Waals surface area (Å²) in [5, 5.41) is 13.4. The maximum absolute atomic E-state index is 13.1. The molecule has 0 bridgehead atoms. The van der Waals surface area contributed by atoms with Crippen LogP contribution in [0.15, 0.2) is 45.2 Å². The van der Waals surface area contributed by atoms with Crippen LogP contribution in [0, 0.1) is 11.3 Å². The second-order valence-electron chi connectivity index (χ2n) is 6.90. The van der Waals surface area contributed by atoms with E-state index in [4.69, 9.17) is 16.3 Å². The van der Waals surface area contributed by atoms with Crippen molar-refractivity contribution in [2.45, 2.75) is 30.8 Å². The summed E-state index contributed by atoms with van der Waals surface area (Å²) in [6, 6.07) is 8.40. The van der Waals surface area contributed by atoms with Crippen LogP contribution < -0.4 is 11.1 Å². The largest absolute Gasteiger partial charge is 0.382 e. The number of ether oxygens (including phenoxy) is 1. The van der Waals surface area contributed by atoms with E-state index in [2.05, 4.69) is 15.1 Å². The average Bonchev–Trinajstić information content (AvgIpc) is 3.20. The SMILES string of the molecule is CCOCCCn1c(SCc2cc(=O)n3[nH]cc(C#N)c3n2)nc2cc(Cl)ccc2c1=O. The lowest BCUT2D eigenvalue weighted by atomic mass is 10.2. The van der Waals surface area contributed by atoms with E-state index in [0.717, 1.165) is 0 Å². The Hall–Kier alpha value is -3.13. The number of nitriles is 1. The third-order valence-electron chi connectivity index (χ3n) is 4.78. The number of aromatic nitrogens is 5. The van der Waals surface area contributed by atoms with Gasteiger partial charge in [-0.2, -0.15) is 5.26 Å². The molecule has 0 fully saturated rings. The van der Waals surface area contributed by atoms with E-state index in [1.54, 1.807) is 22.8 Å². The lowest BCUT2D eigenvalue weighted by Crippen LogP contribution is -2.24. The Bertz CT molecular complexity index is 1450. The summed E-state index contributed by atoms with van der Waals surface area (Å²) in [6.45, 7) is 3.51. The molecule has 0 aliphatic rings. The Morgan fingerprint density at radius 3 is 2.91 bits per heavy atom. The lowest BCUT2D eigenvalue weighted by molar-refractivity contribution is 0.140. The first-order valence-electron chi connectivity index (χ1n) is 9.92. The number of thioether (sulfide) groups is 1. The minimum absolute atomic E-state index is 0.161. The number of hydrogen-bond donors (Lipinski definition) is 1. The molecule has 32 heavy (non-hydrogen) atoms. The number of rotatable bonds is 8. The van der Waals surface area contributed by atoms with Gasteiger partial charge in [0.2, 0.25) is 0 Å². The van der Waals surface area contributed by atoms with Gasteiger partial charge < -0.3 is 4.74 Å². The number of hydrogen-bond acceptors (Lipinski definition) is 7. The molecule has 1 aromatic carbocycles. The van der Waals surface area contributed by atoms with Gasteiger partial charge in [0.25, 0.3) is 11.1 Å². The van der Waals surface area contributed by atoms with E-state index < -0.39 is 0 Å². The maximum atomic E-state index is 13.1. The molecule has 0 unspecified atom stereocenters. The van der Waals surface area contributed by atoms with Gasteiger partial charge in [-0.05, 0) is 31.5 Å². The zero-order valence-electron chi connectivity index (χ0n) is 17.2. The van der Waals surface area contributed by atoms with Gasteiger partial charge in [-0.1, -0.05) is 23.4 Å². The van der Waals surface area contributed by atoms with Crippen molar-refractivity contribution in [3.05, 3.63) is 67.4 Å². The Morgan fingerprint density at radius 2 is 2.12 bits per heavy atom. The summed E-state index contributed by atoms with van der Waals surface area (Å²) in [6.07, 6.45) is 2.09. The Labute approximate surface area is 191 Å². The van der Waals surface area contributed by atoms with E-state index in [1.165, 1.54) is 28.5 Å². The molecule has 4 aromatic rings. The predicted molar refractivity (Wildman–Crippen MR) is 122 cm³/mol. The summed E-state index contributed by atoms with van der Waals surface area (Å²) in [7, 11) is 0. The first-order chi connectivity index (χ1) is 15.5. The molecule has 0 radical (unpaired) electrons. The Balaban J connectivity index is 1.69. The van der Waals surface area contributed by atoms with Crippen molar-refractivity contribution in [3.63, 3.8) is 0 Å². The van der Waals surface area contributed by atoms with Gasteiger partial charge in [0.05, 0.1) is 16.6 Å². The van der Waals surface area contributed by atoms with Gasteiger partial charge in [-0.3, -0.25) is 19.3 Å². The Morgan fingerprint density at radius 1 is 1.28 bits per heavy atom. The van der Waals surface area contributed by atoms with E-state index in [9.17, 15) is 14.9 Å². The van der Waals surface area contributed by atoms with Crippen LogP contribution in [0.3, 0.4) is 0 Å². The molecule has 4 rings (SSSR count). The number of benzene rings is 1. The molecule has 0 aliphatic heterocycles. The van der Waals surface area contributed by atoms with Crippen LogP contribution in [0.4, 0.5) is 0 Å². The quantitative estimate of drug-likeness (QED) is 0.239. The maximum Gasteiger partial charge on any atom is 0.272 e. The van der Waals surface area contributed by atoms with Gasteiger partial charge in [-0.15, -0.1) is 0 Å². The molecule has 9 nitrogen and oxygen atoms in total. The average molecular weight is 471 g/mol. The number of H-pyrrole nitrogens is 1. The molecule has 3 heterocycles. The van der Waals surface area contributed by atoms with Gasteiger partial charge in [0.1, 0.15) is 11.6 Å². The summed E-state index contributed by atoms with van der Waals surface area (Å²) >= 11 is 7.39. The van der Waals surface area contributed by atoms with Crippen LogP contribution in [0.1, 0.15) is 24.6 Å². The third-order valence-corrected chi connectivity index (χ3v) is 6.02. The summed E-state index contributed by atoms with van der Waals surface area (Å²) in [5.41, 5.74) is 1.05. The van der Waals surface area contributed by atoms with Crippen LogP contribution >= 0.6 is 23.4 Å². The van der Waals surface area contributed by atoms with Crippen molar-refractivity contribution < 1.29 is 4.74 Å². The third kappa shape index (κ3) is 4.41. The van der Waals surface area contributed by atoms with E-state index >= 15 is 0 Å². The summed E-state index contributed by atoms with van der Waals surface area (Å²) in [5.74, 6) is 0.297. The molecule has 0 saturated carbocycles. The van der Waals surface area contributed by atoms with Gasteiger partial charge in [-0.25, -0.2) is 14.5 Å². The van der Waals surface area contributed by atoms with Gasteiger partial charge in [0.15, 0.2) is 10.8 Å². The van der Waals surface area contributed by atoms with Crippen LogP contribution in [0.5, 0.6) is 0 Å². The number of nitrogens with zero attached hydrogens (tertiary/aromatic N) is 5. The van der Waals surface area contributed by atoms with Crippen LogP contribution in [-0.2, 0) is 17.0 Å². The smallest absolute Gasteiger partial charge is 0.272 e. The fraction of sp³-hybridized carbons (Fsp3) is 0.286. The first kappa shape index (κ1) is 22.1. The van der Waals surface area contributed by atoms with Crippen molar-refractivity contribution in [2.75, 3.05) is 13.2 Å². The normalized spacial score (nSPS) is 11.3. The molecule has 0 atom stereocenters. The van der Waals surface area contributed by atoms with Crippen LogP contribution in [-0.4, -0.2) is 37.4 Å². The highest BCUT2D eigenvalue weighted by molar-refractivity contribution is 7.98. The first-order valence-corrected chi connectivity index (χ1v) is 11.3. The van der Waals surface area contributed by atoms with Crippen molar-refractivity contribution in [3.8, 4) is 6.07 Å². The number of fused-ring (bicyclic) bond motifs is 2. The number of aromatic amines is 1. The molecule has 1 N–H and O–H groups in total. The summed E-state index contributed by atoms with van der Waals surface area (Å²) in [4.78, 5) is 34.6. The molecule has 164 valence electrons. The second kappa shape index (κ2) is 9.56. The van der Waals surface area contributed by atoms with E-state index in [1.807, 2.05) is 13.0 Å². The predicted octanol–water partition coefficient (Wildman–Crippen LogP) is 2.98. The minimum Gasteiger partial charge on any atom is -0.382 e. The zero-order chi connectivity index (χ0) is 22.7. The van der Waals surface area contributed by atoms with E-state index in [-0.39, 0.29) is 22.3 Å². The van der Waals surface area contributed by atoms with Crippen molar-refractivity contribution in [2.24, 2.45) is 0 Å². The molecule has 0 saturated heterocycles. The number of halogens is 1. The fourth-order valence-corrected chi connectivity index (χ4v) is 4.36. The fourth-order valence-electron chi connectivity index (χ4n) is 3.27. The molecular weight excluding hydrogens is 452 g/mol. The topological polar surface area (TPSA) is 118 Å². The Kier molecular flexibility index (Phi) is 6.60. The van der Waals surface area contributed by atoms with Crippen molar-refractivity contribution in [1.82, 2.24) is 24.1 Å². The minimum atomic E-state index is -0.320. The molecule has 0 spiro atoms. The monoisotopic (exact) mass is 470 g/mol. The molecule has 3 aromatic heterocycles. The highest BCUT2D eigenvalue weighted by Crippen LogP contribution is 2.23. The van der Waals surface area contributed by atoms with Crippen LogP contribution in [0.25, 0.3) is 16.6 Å². The molecule has 11 heteroatoms.